The molecule has 0 saturated carbocycles. The summed E-state index contributed by atoms with van der Waals surface area (Å²) in [4.78, 5) is 7.87. The first-order valence-electron chi connectivity index (χ1n) is 7.47. The Morgan fingerprint density at radius 3 is 2.43 bits per heavy atom. The first kappa shape index (κ1) is 3.31. The maximum Gasteiger partial charge on any atom is 0.0964 e. The lowest BCUT2D eigenvalue weighted by Crippen LogP contribution is -1.83. The van der Waals surface area contributed by atoms with Crippen molar-refractivity contribution in [3.05, 3.63) is 48.6 Å². The summed E-state index contributed by atoms with van der Waals surface area (Å²) in [6, 6.07) is -1.85. The summed E-state index contributed by atoms with van der Waals surface area (Å²) in [5.74, 6) is 0. The van der Waals surface area contributed by atoms with Gasteiger partial charge >= 0.3 is 0 Å². The average molecular weight is 187 g/mol. The van der Waals surface area contributed by atoms with Gasteiger partial charge in [-0.15, -0.1) is 0 Å². The molecule has 0 saturated heterocycles. The third-order valence-corrected chi connectivity index (χ3v) is 1.88. The van der Waals surface area contributed by atoms with E-state index in [-0.39, 0.29) is 52.0 Å². The van der Waals surface area contributed by atoms with Gasteiger partial charge in [0.2, 0.25) is 0 Å². The van der Waals surface area contributed by atoms with Crippen molar-refractivity contribution in [2.24, 2.45) is 0 Å². The molecule has 2 nitrogen and oxygen atoms in total. The Kier molecular flexibility index (Phi) is 0.656. The molecule has 0 aliphatic carbocycles. The molecule has 0 N–H and O–H groups in total. The van der Waals surface area contributed by atoms with E-state index < -0.39 is 12.2 Å². The SMILES string of the molecule is [2H]c1cnc2c(c1[2H])c([2H])c([2H])c1c([2H])c([2H])c([2H])nc12. The van der Waals surface area contributed by atoms with E-state index in [1.165, 1.54) is 0 Å². The molecular formula is C12H8N2. The zero-order valence-corrected chi connectivity index (χ0v) is 6.97. The van der Waals surface area contributed by atoms with Crippen molar-refractivity contribution >= 4 is 21.8 Å². The minimum absolute atomic E-state index is 0.00373. The molecule has 0 spiro atoms. The summed E-state index contributed by atoms with van der Waals surface area (Å²) in [6.07, 6.45) is 0.714. The maximum absolute atomic E-state index is 7.98. The fourth-order valence-corrected chi connectivity index (χ4v) is 1.27. The van der Waals surface area contributed by atoms with Gasteiger partial charge in [-0.1, -0.05) is 24.2 Å². The number of pyridine rings is 2. The number of hydrogen-bond donors (Lipinski definition) is 0. The average Bonchev–Trinajstić information content (AvgIpc) is 2.45. The Balaban J connectivity index is 2.72. The van der Waals surface area contributed by atoms with Crippen LogP contribution in [0.4, 0.5) is 0 Å². The van der Waals surface area contributed by atoms with E-state index in [1.54, 1.807) is 0 Å². The fourth-order valence-electron chi connectivity index (χ4n) is 1.27. The molecule has 0 bridgehead atoms. The molecule has 0 unspecified atom stereocenters. The van der Waals surface area contributed by atoms with Gasteiger partial charge in [0.25, 0.3) is 0 Å². The molecular weight excluding hydrogens is 172 g/mol. The highest BCUT2D eigenvalue weighted by Crippen LogP contribution is 2.20. The Bertz CT molecular complexity index is 923. The number of aromatic nitrogens is 2. The van der Waals surface area contributed by atoms with Crippen LogP contribution in [-0.2, 0) is 0 Å². The minimum atomic E-state index is -0.422. The Morgan fingerprint density at radius 2 is 1.57 bits per heavy atom. The number of rotatable bonds is 0. The standard InChI is InChI=1S/C12H8N2/c1-3-9-5-6-10-4-2-8-14-12(10)11(9)13-7-1/h1-8H/i1D,2D,3D,4D,5D,6D,7D. The summed E-state index contributed by atoms with van der Waals surface area (Å²) in [5.41, 5.74) is 0.152. The van der Waals surface area contributed by atoms with E-state index >= 15 is 0 Å². The van der Waals surface area contributed by atoms with Crippen molar-refractivity contribution in [3.63, 3.8) is 0 Å². The lowest BCUT2D eigenvalue weighted by molar-refractivity contribution is 1.37. The lowest BCUT2D eigenvalue weighted by Gasteiger charge is -2.00. The van der Waals surface area contributed by atoms with Crippen LogP contribution < -0.4 is 0 Å². The Morgan fingerprint density at radius 1 is 0.857 bits per heavy atom. The highest BCUT2D eigenvalue weighted by atomic mass is 14.7. The smallest absolute Gasteiger partial charge is 0.0964 e. The number of fused-ring (bicyclic) bond motifs is 3. The minimum Gasteiger partial charge on any atom is -0.254 e. The largest absolute Gasteiger partial charge is 0.254 e. The van der Waals surface area contributed by atoms with Crippen molar-refractivity contribution in [2.45, 2.75) is 0 Å². The topological polar surface area (TPSA) is 25.8 Å². The van der Waals surface area contributed by atoms with E-state index in [2.05, 4.69) is 9.97 Å². The van der Waals surface area contributed by atoms with E-state index in [0.29, 0.717) is 0 Å². The highest BCUT2D eigenvalue weighted by molar-refractivity contribution is 6.02. The van der Waals surface area contributed by atoms with Crippen molar-refractivity contribution in [1.29, 1.82) is 0 Å². The van der Waals surface area contributed by atoms with Crippen LogP contribution in [-0.4, -0.2) is 9.97 Å². The Labute approximate surface area is 91.1 Å². The molecule has 0 amide bonds. The van der Waals surface area contributed by atoms with E-state index in [0.717, 1.165) is 6.20 Å². The predicted octanol–water partition coefficient (Wildman–Crippen LogP) is 2.78. The lowest BCUT2D eigenvalue weighted by atomic mass is 10.1. The van der Waals surface area contributed by atoms with Crippen molar-refractivity contribution in [1.82, 2.24) is 9.97 Å². The van der Waals surface area contributed by atoms with Gasteiger partial charge < -0.3 is 0 Å². The van der Waals surface area contributed by atoms with Gasteiger partial charge in [-0.25, -0.2) is 0 Å². The van der Waals surface area contributed by atoms with Gasteiger partial charge in [-0.05, 0) is 12.1 Å². The molecule has 3 rings (SSSR count). The molecule has 2 heterocycles. The second-order valence-corrected chi connectivity index (χ2v) is 2.70. The van der Waals surface area contributed by atoms with Gasteiger partial charge in [0, 0.05) is 23.1 Å². The van der Waals surface area contributed by atoms with E-state index in [4.69, 9.17) is 9.60 Å². The van der Waals surface area contributed by atoms with Crippen molar-refractivity contribution in [3.8, 4) is 0 Å². The molecule has 3 aromatic rings. The number of nitrogens with zero attached hydrogens (tertiary/aromatic N) is 2. The summed E-state index contributed by atoms with van der Waals surface area (Å²) in [5, 5.41) is -0.0258. The third-order valence-electron chi connectivity index (χ3n) is 1.88. The van der Waals surface area contributed by atoms with Crippen LogP contribution in [0.15, 0.2) is 48.6 Å². The molecule has 14 heavy (non-hydrogen) atoms. The first-order chi connectivity index (χ1) is 9.84. The van der Waals surface area contributed by atoms with E-state index in [1.807, 2.05) is 0 Å². The summed E-state index contributed by atoms with van der Waals surface area (Å²) >= 11 is 0. The van der Waals surface area contributed by atoms with Gasteiger partial charge in [0.1, 0.15) is 0 Å². The van der Waals surface area contributed by atoms with Crippen LogP contribution in [0, 0.1) is 0 Å². The fraction of sp³-hybridized carbons (Fsp3) is 0. The summed E-state index contributed by atoms with van der Waals surface area (Å²) in [6.45, 7) is 0. The zero-order chi connectivity index (χ0) is 15.5. The van der Waals surface area contributed by atoms with Crippen molar-refractivity contribution < 1.29 is 9.60 Å². The van der Waals surface area contributed by atoms with Crippen LogP contribution in [0.25, 0.3) is 21.8 Å². The summed E-state index contributed by atoms with van der Waals surface area (Å²) < 4.78 is 54.5. The van der Waals surface area contributed by atoms with Crippen LogP contribution in [0.2, 0.25) is 0 Å². The zero-order valence-electron chi connectivity index (χ0n) is 14.0. The third kappa shape index (κ3) is 0.973. The maximum atomic E-state index is 7.98. The molecule has 66 valence electrons. The second kappa shape index (κ2) is 2.77. The van der Waals surface area contributed by atoms with Gasteiger partial charge in [0.05, 0.1) is 20.6 Å². The van der Waals surface area contributed by atoms with Crippen LogP contribution >= 0.6 is 0 Å². The number of hydrogen-bond acceptors (Lipinski definition) is 2. The van der Waals surface area contributed by atoms with Gasteiger partial charge in [-0.2, -0.15) is 0 Å². The normalized spacial score (nSPS) is 17.9. The van der Waals surface area contributed by atoms with Crippen LogP contribution in [0.1, 0.15) is 9.60 Å². The Hall–Kier alpha value is -1.96. The quantitative estimate of drug-likeness (QED) is 0.506. The monoisotopic (exact) mass is 187 g/mol. The van der Waals surface area contributed by atoms with Gasteiger partial charge in [0.15, 0.2) is 0 Å². The predicted molar refractivity (Wildman–Crippen MR) is 57.0 cm³/mol. The highest BCUT2D eigenvalue weighted by Gasteiger charge is 2.00. The molecule has 0 atom stereocenters. The van der Waals surface area contributed by atoms with Crippen LogP contribution in [0.3, 0.4) is 0 Å². The van der Waals surface area contributed by atoms with E-state index in [9.17, 15) is 0 Å². The molecule has 2 heteroatoms. The molecule has 2 aromatic heterocycles. The molecule has 0 fully saturated rings. The second-order valence-electron chi connectivity index (χ2n) is 2.70. The number of benzene rings is 1. The van der Waals surface area contributed by atoms with Crippen LogP contribution in [0.5, 0.6) is 0 Å². The van der Waals surface area contributed by atoms with Crippen molar-refractivity contribution in [2.75, 3.05) is 0 Å². The summed E-state index contributed by atoms with van der Waals surface area (Å²) in [7, 11) is 0. The molecule has 1 aromatic carbocycles. The van der Waals surface area contributed by atoms with Gasteiger partial charge in [-0.3, -0.25) is 9.97 Å². The molecule has 0 radical (unpaired) electrons. The molecule has 0 aliphatic rings. The first-order valence-corrected chi connectivity index (χ1v) is 3.97. The molecule has 0 aliphatic heterocycles.